The van der Waals surface area contributed by atoms with Gasteiger partial charge in [-0.05, 0) is 49.0 Å². The highest BCUT2D eigenvalue weighted by atomic mass is 32.1. The Balaban J connectivity index is 1.57. The summed E-state index contributed by atoms with van der Waals surface area (Å²) >= 11 is 1.14. The minimum absolute atomic E-state index is 0.00922. The van der Waals surface area contributed by atoms with Crippen molar-refractivity contribution in [2.45, 2.75) is 25.7 Å². The molecule has 1 fully saturated rings. The normalized spacial score (nSPS) is 17.5. The average molecular weight is 371 g/mol. The molecule has 0 saturated carbocycles. The number of hydrogen-bond donors (Lipinski definition) is 1. The first kappa shape index (κ1) is 16.8. The minimum Gasteiger partial charge on any atom is -0.337 e. The molecular weight excluding hydrogens is 353 g/mol. The second-order valence-corrected chi connectivity index (χ2v) is 7.24. The Kier molecular flexibility index (Phi) is 4.50. The molecule has 4 rings (SSSR count). The number of amides is 1. The molecule has 1 aromatic carbocycles. The van der Waals surface area contributed by atoms with Gasteiger partial charge in [-0.2, -0.15) is 5.10 Å². The van der Waals surface area contributed by atoms with Gasteiger partial charge in [0.2, 0.25) is 0 Å². The zero-order valence-electron chi connectivity index (χ0n) is 14.3. The summed E-state index contributed by atoms with van der Waals surface area (Å²) < 4.78 is 17.1. The van der Waals surface area contributed by atoms with E-state index in [4.69, 9.17) is 0 Å². The summed E-state index contributed by atoms with van der Waals surface area (Å²) in [4.78, 5) is 15.3. The predicted octanol–water partition coefficient (Wildman–Crippen LogP) is 3.40. The Morgan fingerprint density at radius 1 is 1.35 bits per heavy atom. The lowest BCUT2D eigenvalue weighted by atomic mass is 9.90. The second-order valence-electron chi connectivity index (χ2n) is 6.48. The first-order valence-electron chi connectivity index (χ1n) is 8.51. The van der Waals surface area contributed by atoms with Crippen LogP contribution in [0.25, 0.3) is 11.1 Å². The molecule has 134 valence electrons. The molecule has 0 radical (unpaired) electrons. The zero-order valence-corrected chi connectivity index (χ0v) is 15.1. The highest BCUT2D eigenvalue weighted by Crippen LogP contribution is 2.33. The van der Waals surface area contributed by atoms with E-state index in [9.17, 15) is 9.18 Å². The third-order valence-electron chi connectivity index (χ3n) is 4.79. The van der Waals surface area contributed by atoms with E-state index in [2.05, 4.69) is 19.8 Å². The number of piperidine rings is 1. The third kappa shape index (κ3) is 3.12. The number of nitrogens with one attached hydrogen (secondary N) is 1. The molecule has 3 heterocycles. The van der Waals surface area contributed by atoms with Crippen molar-refractivity contribution in [1.29, 1.82) is 0 Å². The minimum atomic E-state index is -0.262. The molecule has 0 spiro atoms. The van der Waals surface area contributed by atoms with Crippen LogP contribution in [-0.2, 0) is 0 Å². The molecule has 3 aromatic rings. The van der Waals surface area contributed by atoms with Gasteiger partial charge in [-0.25, -0.2) is 4.39 Å². The molecule has 1 aliphatic heterocycles. The van der Waals surface area contributed by atoms with Gasteiger partial charge in [0.1, 0.15) is 10.7 Å². The van der Waals surface area contributed by atoms with Crippen molar-refractivity contribution in [2.24, 2.45) is 0 Å². The first-order chi connectivity index (χ1) is 12.6. The van der Waals surface area contributed by atoms with Crippen LogP contribution in [-0.4, -0.2) is 43.7 Å². The van der Waals surface area contributed by atoms with E-state index < -0.39 is 0 Å². The highest BCUT2D eigenvalue weighted by molar-refractivity contribution is 7.07. The summed E-state index contributed by atoms with van der Waals surface area (Å²) in [5.74, 6) is -0.108. The van der Waals surface area contributed by atoms with Gasteiger partial charge in [-0.1, -0.05) is 16.6 Å². The van der Waals surface area contributed by atoms with Gasteiger partial charge >= 0.3 is 0 Å². The topological polar surface area (TPSA) is 74.8 Å². The van der Waals surface area contributed by atoms with Gasteiger partial charge in [-0.15, -0.1) is 5.10 Å². The number of aromatic amines is 1. The van der Waals surface area contributed by atoms with Crippen molar-refractivity contribution in [3.8, 4) is 11.1 Å². The summed E-state index contributed by atoms with van der Waals surface area (Å²) in [7, 11) is 0. The van der Waals surface area contributed by atoms with Gasteiger partial charge in [-0.3, -0.25) is 9.89 Å². The Morgan fingerprint density at radius 3 is 2.88 bits per heavy atom. The summed E-state index contributed by atoms with van der Waals surface area (Å²) in [6.45, 7) is 3.15. The number of halogens is 1. The highest BCUT2D eigenvalue weighted by Gasteiger charge is 2.29. The van der Waals surface area contributed by atoms with Crippen LogP contribution in [0.4, 0.5) is 4.39 Å². The lowest BCUT2D eigenvalue weighted by molar-refractivity contribution is 0.0710. The summed E-state index contributed by atoms with van der Waals surface area (Å²) in [6, 6.07) is 6.40. The van der Waals surface area contributed by atoms with Crippen molar-refractivity contribution in [1.82, 2.24) is 24.7 Å². The van der Waals surface area contributed by atoms with Crippen LogP contribution in [0.15, 0.2) is 30.5 Å². The zero-order chi connectivity index (χ0) is 18.1. The number of likely N-dealkylation sites (tertiary alicyclic amines) is 1. The Labute approximate surface area is 154 Å². The maximum atomic E-state index is 13.2. The number of aromatic nitrogens is 4. The van der Waals surface area contributed by atoms with E-state index in [0.29, 0.717) is 17.1 Å². The van der Waals surface area contributed by atoms with Gasteiger partial charge in [0.25, 0.3) is 5.91 Å². The molecule has 0 unspecified atom stereocenters. The van der Waals surface area contributed by atoms with E-state index in [-0.39, 0.29) is 17.6 Å². The lowest BCUT2D eigenvalue weighted by Gasteiger charge is -2.32. The number of rotatable bonds is 3. The quantitative estimate of drug-likeness (QED) is 0.766. The molecule has 0 aliphatic carbocycles. The molecule has 1 amide bonds. The van der Waals surface area contributed by atoms with Crippen molar-refractivity contribution in [2.75, 3.05) is 13.1 Å². The SMILES string of the molecule is Cc1nnsc1C(=O)N1CCC[C@H](c2[nH]ncc2-c2ccc(F)cc2)C1. The van der Waals surface area contributed by atoms with E-state index in [1.807, 2.05) is 4.90 Å². The number of carbonyl (C=O) groups is 1. The van der Waals surface area contributed by atoms with E-state index in [0.717, 1.165) is 47.7 Å². The van der Waals surface area contributed by atoms with Crippen molar-refractivity contribution in [3.63, 3.8) is 0 Å². The molecule has 1 aliphatic rings. The predicted molar refractivity (Wildman–Crippen MR) is 96.5 cm³/mol. The summed E-state index contributed by atoms with van der Waals surface area (Å²) in [5, 5.41) is 11.2. The van der Waals surface area contributed by atoms with Crippen LogP contribution in [0.5, 0.6) is 0 Å². The maximum absolute atomic E-state index is 13.2. The molecule has 8 heteroatoms. The number of aryl methyl sites for hydroxylation is 1. The Morgan fingerprint density at radius 2 is 2.15 bits per heavy atom. The molecule has 1 N–H and O–H groups in total. The smallest absolute Gasteiger partial charge is 0.267 e. The van der Waals surface area contributed by atoms with Crippen LogP contribution in [0.3, 0.4) is 0 Å². The van der Waals surface area contributed by atoms with Crippen LogP contribution in [0.2, 0.25) is 0 Å². The van der Waals surface area contributed by atoms with Gasteiger partial charge < -0.3 is 4.90 Å². The van der Waals surface area contributed by atoms with Crippen molar-refractivity contribution >= 4 is 17.4 Å². The van der Waals surface area contributed by atoms with E-state index in [1.54, 1.807) is 25.3 Å². The Bertz CT molecular complexity index is 920. The molecule has 1 saturated heterocycles. The second kappa shape index (κ2) is 6.95. The van der Waals surface area contributed by atoms with Crippen LogP contribution in [0, 0.1) is 12.7 Å². The summed E-state index contributed by atoms with van der Waals surface area (Å²) in [6.07, 6.45) is 3.66. The van der Waals surface area contributed by atoms with Crippen LogP contribution in [0.1, 0.15) is 39.8 Å². The first-order valence-corrected chi connectivity index (χ1v) is 9.28. The lowest BCUT2D eigenvalue weighted by Crippen LogP contribution is -2.39. The van der Waals surface area contributed by atoms with Gasteiger partial charge in [0.15, 0.2) is 0 Å². The van der Waals surface area contributed by atoms with Gasteiger partial charge in [0.05, 0.1) is 11.9 Å². The number of hydrogen-bond acceptors (Lipinski definition) is 5. The van der Waals surface area contributed by atoms with E-state index in [1.165, 1.54) is 12.1 Å². The molecule has 1 atom stereocenters. The molecule has 2 aromatic heterocycles. The molecule has 26 heavy (non-hydrogen) atoms. The number of carbonyl (C=O) groups excluding carboxylic acids is 1. The number of benzene rings is 1. The number of H-pyrrole nitrogens is 1. The average Bonchev–Trinajstić information content (AvgIpc) is 3.31. The van der Waals surface area contributed by atoms with Crippen molar-refractivity contribution < 1.29 is 9.18 Å². The van der Waals surface area contributed by atoms with Crippen LogP contribution < -0.4 is 0 Å². The standard InChI is InChI=1S/C18H18FN5OS/c1-11-17(26-23-21-11)18(25)24-8-2-3-13(10-24)16-15(9-20-22-16)12-4-6-14(19)7-5-12/h4-7,9,13H,2-3,8,10H2,1H3,(H,20,22)/t13-/m0/s1. The fraction of sp³-hybridized carbons (Fsp3) is 0.333. The largest absolute Gasteiger partial charge is 0.337 e. The number of nitrogens with zero attached hydrogens (tertiary/aromatic N) is 4. The van der Waals surface area contributed by atoms with Crippen LogP contribution >= 0.6 is 11.5 Å². The molecule has 0 bridgehead atoms. The van der Waals surface area contributed by atoms with E-state index >= 15 is 0 Å². The molecule has 6 nitrogen and oxygen atoms in total. The maximum Gasteiger partial charge on any atom is 0.267 e. The fourth-order valence-corrected chi connectivity index (χ4v) is 4.06. The fourth-order valence-electron chi connectivity index (χ4n) is 3.44. The summed E-state index contributed by atoms with van der Waals surface area (Å²) in [5.41, 5.74) is 3.55. The van der Waals surface area contributed by atoms with Gasteiger partial charge in [0, 0.05) is 30.3 Å². The monoisotopic (exact) mass is 371 g/mol. The third-order valence-corrected chi connectivity index (χ3v) is 5.60. The van der Waals surface area contributed by atoms with Crippen molar-refractivity contribution in [3.05, 3.63) is 52.5 Å². The Hall–Kier alpha value is -2.61. The molecular formula is C18H18FN5OS.